The molecule has 2 aliphatic rings. The molecule has 0 radical (unpaired) electrons. The van der Waals surface area contributed by atoms with Gasteiger partial charge >= 0.3 is 6.09 Å². The zero-order valence-electron chi connectivity index (χ0n) is 19.5. The molecule has 2 heterocycles. The van der Waals surface area contributed by atoms with Gasteiger partial charge in [-0.05, 0) is 52.0 Å². The number of benzene rings is 1. The summed E-state index contributed by atoms with van der Waals surface area (Å²) in [5, 5.41) is 0. The number of Topliss-reactive ketones (excluding diaryl/α,β-unsaturated/α-hetero) is 1. The van der Waals surface area contributed by atoms with Gasteiger partial charge in [0, 0.05) is 51.7 Å². The van der Waals surface area contributed by atoms with Gasteiger partial charge in [-0.2, -0.15) is 0 Å². The SMILES string of the molecule is CC(C)(C)OC(=O)N1CCCC1CCCC(=O)CN1CCN(Cc2ccccc2)CC1. The Bertz CT molecular complexity index is 708. The molecular formula is C25H39N3O3. The van der Waals surface area contributed by atoms with E-state index in [4.69, 9.17) is 4.74 Å². The molecule has 0 bridgehead atoms. The third-order valence-corrected chi connectivity index (χ3v) is 6.11. The summed E-state index contributed by atoms with van der Waals surface area (Å²) in [7, 11) is 0. The van der Waals surface area contributed by atoms with Crippen LogP contribution >= 0.6 is 0 Å². The molecule has 0 aromatic heterocycles. The van der Waals surface area contributed by atoms with Crippen molar-refractivity contribution in [1.29, 1.82) is 0 Å². The Kier molecular flexibility index (Phi) is 8.50. The van der Waals surface area contributed by atoms with Crippen LogP contribution in [-0.4, -0.2) is 77.5 Å². The molecule has 2 fully saturated rings. The molecule has 1 amide bonds. The Morgan fingerprint density at radius 2 is 1.68 bits per heavy atom. The van der Waals surface area contributed by atoms with Gasteiger partial charge in [0.2, 0.25) is 0 Å². The fraction of sp³-hybridized carbons (Fsp3) is 0.680. The first-order valence-corrected chi connectivity index (χ1v) is 11.8. The van der Waals surface area contributed by atoms with E-state index in [1.807, 2.05) is 25.7 Å². The van der Waals surface area contributed by atoms with E-state index in [0.29, 0.717) is 18.7 Å². The van der Waals surface area contributed by atoms with Gasteiger partial charge < -0.3 is 9.64 Å². The van der Waals surface area contributed by atoms with Crippen molar-refractivity contribution in [3.05, 3.63) is 35.9 Å². The van der Waals surface area contributed by atoms with Crippen LogP contribution in [0.2, 0.25) is 0 Å². The van der Waals surface area contributed by atoms with Crippen molar-refractivity contribution in [3.8, 4) is 0 Å². The van der Waals surface area contributed by atoms with Gasteiger partial charge in [-0.1, -0.05) is 30.3 Å². The van der Waals surface area contributed by atoms with E-state index in [9.17, 15) is 9.59 Å². The number of nitrogens with zero attached hydrogens (tertiary/aromatic N) is 3. The van der Waals surface area contributed by atoms with E-state index < -0.39 is 5.60 Å². The summed E-state index contributed by atoms with van der Waals surface area (Å²) >= 11 is 0. The molecule has 2 aliphatic heterocycles. The molecule has 31 heavy (non-hydrogen) atoms. The minimum Gasteiger partial charge on any atom is -0.444 e. The van der Waals surface area contributed by atoms with E-state index in [-0.39, 0.29) is 12.1 Å². The van der Waals surface area contributed by atoms with Gasteiger partial charge in [-0.15, -0.1) is 0 Å². The predicted octanol–water partition coefficient (Wildman–Crippen LogP) is 3.94. The predicted molar refractivity (Wildman–Crippen MR) is 123 cm³/mol. The quantitative estimate of drug-likeness (QED) is 0.626. The Morgan fingerprint density at radius 3 is 2.35 bits per heavy atom. The molecule has 0 N–H and O–H groups in total. The first-order chi connectivity index (χ1) is 14.8. The summed E-state index contributed by atoms with van der Waals surface area (Å²) in [6, 6.07) is 10.8. The third kappa shape index (κ3) is 7.93. The molecule has 2 saturated heterocycles. The number of carbonyl (C=O) groups is 2. The highest BCUT2D eigenvalue weighted by Crippen LogP contribution is 2.24. The first kappa shape index (κ1) is 23.7. The van der Waals surface area contributed by atoms with Gasteiger partial charge in [-0.25, -0.2) is 4.79 Å². The van der Waals surface area contributed by atoms with Crippen LogP contribution in [0.1, 0.15) is 58.4 Å². The molecular weight excluding hydrogens is 390 g/mol. The van der Waals surface area contributed by atoms with E-state index in [0.717, 1.165) is 65.0 Å². The van der Waals surface area contributed by atoms with Crippen molar-refractivity contribution in [2.45, 2.75) is 71.1 Å². The third-order valence-electron chi connectivity index (χ3n) is 6.11. The molecule has 0 spiro atoms. The number of piperazine rings is 1. The van der Waals surface area contributed by atoms with Crippen LogP contribution in [-0.2, 0) is 16.1 Å². The molecule has 0 saturated carbocycles. The minimum absolute atomic E-state index is 0.212. The van der Waals surface area contributed by atoms with Crippen LogP contribution in [0.3, 0.4) is 0 Å². The molecule has 1 atom stereocenters. The number of ketones is 1. The van der Waals surface area contributed by atoms with Crippen LogP contribution in [0.15, 0.2) is 30.3 Å². The van der Waals surface area contributed by atoms with Gasteiger partial charge in [0.1, 0.15) is 11.4 Å². The Labute approximate surface area is 187 Å². The Morgan fingerprint density at radius 1 is 1.00 bits per heavy atom. The number of hydrogen-bond donors (Lipinski definition) is 0. The topological polar surface area (TPSA) is 53.1 Å². The number of ether oxygens (including phenoxy) is 1. The van der Waals surface area contributed by atoms with Gasteiger partial charge in [0.15, 0.2) is 0 Å². The largest absolute Gasteiger partial charge is 0.444 e. The zero-order chi connectivity index (χ0) is 22.3. The summed E-state index contributed by atoms with van der Waals surface area (Å²) in [4.78, 5) is 31.5. The average Bonchev–Trinajstić information content (AvgIpc) is 3.18. The van der Waals surface area contributed by atoms with Crippen molar-refractivity contribution in [2.24, 2.45) is 0 Å². The summed E-state index contributed by atoms with van der Waals surface area (Å²) in [6.07, 6.45) is 4.15. The normalized spacial score (nSPS) is 20.7. The lowest BCUT2D eigenvalue weighted by atomic mass is 10.1. The monoisotopic (exact) mass is 429 g/mol. The van der Waals surface area contributed by atoms with Crippen molar-refractivity contribution >= 4 is 11.9 Å². The number of rotatable bonds is 8. The second-order valence-electron chi connectivity index (χ2n) is 9.94. The molecule has 1 unspecified atom stereocenters. The van der Waals surface area contributed by atoms with Crippen molar-refractivity contribution in [1.82, 2.24) is 14.7 Å². The lowest BCUT2D eigenvalue weighted by Gasteiger charge is -2.34. The Hall–Kier alpha value is -1.92. The average molecular weight is 430 g/mol. The summed E-state index contributed by atoms with van der Waals surface area (Å²) in [5.74, 6) is 0.318. The van der Waals surface area contributed by atoms with E-state index >= 15 is 0 Å². The standard InChI is InChI=1S/C25H39N3O3/c1-25(2,3)31-24(30)28-14-8-12-22(28)11-7-13-23(29)20-27-17-15-26(16-18-27)19-21-9-5-4-6-10-21/h4-6,9-10,22H,7-8,11-20H2,1-3H3. The molecule has 3 rings (SSSR count). The highest BCUT2D eigenvalue weighted by molar-refractivity contribution is 5.80. The van der Waals surface area contributed by atoms with Crippen LogP contribution < -0.4 is 0 Å². The fourth-order valence-corrected chi connectivity index (χ4v) is 4.51. The number of amides is 1. The fourth-order valence-electron chi connectivity index (χ4n) is 4.51. The molecule has 6 nitrogen and oxygen atoms in total. The van der Waals surface area contributed by atoms with Crippen LogP contribution in [0.25, 0.3) is 0 Å². The zero-order valence-corrected chi connectivity index (χ0v) is 19.5. The van der Waals surface area contributed by atoms with Gasteiger partial charge in [-0.3, -0.25) is 14.6 Å². The van der Waals surface area contributed by atoms with Crippen molar-refractivity contribution in [3.63, 3.8) is 0 Å². The lowest BCUT2D eigenvalue weighted by molar-refractivity contribution is -0.120. The van der Waals surface area contributed by atoms with Crippen LogP contribution in [0.4, 0.5) is 4.79 Å². The lowest BCUT2D eigenvalue weighted by Crippen LogP contribution is -2.47. The maximum atomic E-state index is 12.5. The van der Waals surface area contributed by atoms with Crippen LogP contribution in [0, 0.1) is 0 Å². The van der Waals surface area contributed by atoms with Crippen molar-refractivity contribution < 1.29 is 14.3 Å². The smallest absolute Gasteiger partial charge is 0.410 e. The van der Waals surface area contributed by atoms with Gasteiger partial charge in [0.25, 0.3) is 0 Å². The van der Waals surface area contributed by atoms with Crippen LogP contribution in [0.5, 0.6) is 0 Å². The molecule has 0 aliphatic carbocycles. The Balaban J connectivity index is 1.32. The molecule has 1 aromatic carbocycles. The molecule has 6 heteroatoms. The molecule has 1 aromatic rings. The summed E-state index contributed by atoms with van der Waals surface area (Å²) < 4.78 is 5.54. The summed E-state index contributed by atoms with van der Waals surface area (Å²) in [5.41, 5.74) is 0.880. The minimum atomic E-state index is -0.467. The highest BCUT2D eigenvalue weighted by Gasteiger charge is 2.31. The second kappa shape index (κ2) is 11.1. The van der Waals surface area contributed by atoms with Gasteiger partial charge in [0.05, 0.1) is 6.54 Å². The van der Waals surface area contributed by atoms with E-state index in [2.05, 4.69) is 40.1 Å². The number of likely N-dealkylation sites (tertiary alicyclic amines) is 1. The number of hydrogen-bond acceptors (Lipinski definition) is 5. The molecule has 172 valence electrons. The number of carbonyl (C=O) groups excluding carboxylic acids is 2. The first-order valence-electron chi connectivity index (χ1n) is 11.8. The second-order valence-corrected chi connectivity index (χ2v) is 9.94. The van der Waals surface area contributed by atoms with E-state index in [1.54, 1.807) is 0 Å². The van der Waals surface area contributed by atoms with E-state index in [1.165, 1.54) is 5.56 Å². The highest BCUT2D eigenvalue weighted by atomic mass is 16.6. The van der Waals surface area contributed by atoms with Crippen molar-refractivity contribution in [2.75, 3.05) is 39.3 Å². The summed E-state index contributed by atoms with van der Waals surface area (Å²) in [6.45, 7) is 11.9. The maximum Gasteiger partial charge on any atom is 0.410 e. The maximum absolute atomic E-state index is 12.5.